The van der Waals surface area contributed by atoms with Crippen LogP contribution < -0.4 is 16.4 Å². The molecule has 0 saturated heterocycles. The maximum absolute atomic E-state index is 14.5. The molecule has 3 atom stereocenters. The molecule has 4 amide bonds. The third-order valence-corrected chi connectivity index (χ3v) is 6.96. The molecule has 4 N–H and O–H groups in total. The summed E-state index contributed by atoms with van der Waals surface area (Å²) in [4.78, 5) is 54.9. The summed E-state index contributed by atoms with van der Waals surface area (Å²) in [5, 5.41) is 5.70. The van der Waals surface area contributed by atoms with E-state index in [4.69, 9.17) is 10.5 Å². The lowest BCUT2D eigenvalue weighted by Crippen LogP contribution is -2.55. The molecule has 0 aliphatic rings. The van der Waals surface area contributed by atoms with E-state index in [0.29, 0.717) is 17.9 Å². The zero-order chi connectivity index (χ0) is 32.3. The van der Waals surface area contributed by atoms with Crippen LogP contribution in [0.5, 0.6) is 0 Å². The number of rotatable bonds is 14. The first-order valence-corrected chi connectivity index (χ1v) is 15.1. The van der Waals surface area contributed by atoms with E-state index in [9.17, 15) is 19.2 Å². The van der Waals surface area contributed by atoms with Crippen molar-refractivity contribution in [3.8, 4) is 0 Å². The summed E-state index contributed by atoms with van der Waals surface area (Å²) in [6.07, 6.45) is 0.496. The van der Waals surface area contributed by atoms with Gasteiger partial charge in [0, 0.05) is 19.0 Å². The van der Waals surface area contributed by atoms with Gasteiger partial charge in [-0.3, -0.25) is 14.4 Å². The van der Waals surface area contributed by atoms with Crippen LogP contribution in [0.3, 0.4) is 0 Å². The lowest BCUT2D eigenvalue weighted by molar-refractivity contribution is -0.145. The van der Waals surface area contributed by atoms with Crippen LogP contribution in [0.4, 0.5) is 4.79 Å². The highest BCUT2D eigenvalue weighted by Gasteiger charge is 2.39. The van der Waals surface area contributed by atoms with Gasteiger partial charge >= 0.3 is 6.09 Å². The standard InChI is InChI=1S/C34H50N4O5/c1-22(2)14-15-25(5)38(32(41)28(16-17-29(35)39)37-33(42)43-34(6,7)8)30(27-19-23(3)18-24(4)20-27)31(40)36-21-26-12-10-9-11-13-26/h9-13,18-20,22,25,28,30H,14-17,21H2,1-8H3,(H2,35,39)(H,36,40)(H,37,42). The highest BCUT2D eigenvalue weighted by atomic mass is 16.6. The van der Waals surface area contributed by atoms with Crippen molar-refractivity contribution in [1.82, 2.24) is 15.5 Å². The van der Waals surface area contributed by atoms with Crippen molar-refractivity contribution < 1.29 is 23.9 Å². The number of hydrogen-bond donors (Lipinski definition) is 3. The number of alkyl carbamates (subject to hydrolysis) is 1. The molecule has 0 aliphatic carbocycles. The zero-order valence-corrected chi connectivity index (χ0v) is 27.0. The minimum absolute atomic E-state index is 0.0357. The second-order valence-electron chi connectivity index (χ2n) is 12.8. The van der Waals surface area contributed by atoms with Gasteiger partial charge in [0.05, 0.1) is 0 Å². The van der Waals surface area contributed by atoms with Crippen molar-refractivity contribution in [2.24, 2.45) is 11.7 Å². The van der Waals surface area contributed by atoms with Gasteiger partial charge in [-0.1, -0.05) is 73.5 Å². The SMILES string of the molecule is Cc1cc(C)cc(C(C(=O)NCc2ccccc2)N(C(=O)C(CCC(N)=O)NC(=O)OC(C)(C)C)C(C)CCC(C)C)c1. The van der Waals surface area contributed by atoms with E-state index in [1.807, 2.05) is 69.3 Å². The number of carbonyl (C=O) groups is 4. The van der Waals surface area contributed by atoms with Crippen molar-refractivity contribution in [2.45, 2.75) is 111 Å². The molecule has 0 saturated carbocycles. The molecular weight excluding hydrogens is 544 g/mol. The lowest BCUT2D eigenvalue weighted by Gasteiger charge is -2.39. The molecule has 9 nitrogen and oxygen atoms in total. The van der Waals surface area contributed by atoms with E-state index >= 15 is 0 Å². The van der Waals surface area contributed by atoms with Crippen LogP contribution >= 0.6 is 0 Å². The van der Waals surface area contributed by atoms with Crippen LogP contribution in [0.2, 0.25) is 0 Å². The molecule has 0 bridgehead atoms. The third-order valence-electron chi connectivity index (χ3n) is 6.96. The second-order valence-corrected chi connectivity index (χ2v) is 12.8. The number of nitrogens with two attached hydrogens (primary N) is 1. The second kappa shape index (κ2) is 16.1. The van der Waals surface area contributed by atoms with Crippen LogP contribution in [-0.4, -0.2) is 46.4 Å². The van der Waals surface area contributed by atoms with E-state index in [2.05, 4.69) is 24.5 Å². The van der Waals surface area contributed by atoms with Crippen LogP contribution in [0, 0.1) is 19.8 Å². The van der Waals surface area contributed by atoms with E-state index < -0.39 is 35.6 Å². The molecule has 0 fully saturated rings. The Bertz CT molecular complexity index is 1220. The van der Waals surface area contributed by atoms with Gasteiger partial charge < -0.3 is 26.0 Å². The molecule has 0 spiro atoms. The Kier molecular flexibility index (Phi) is 13.2. The van der Waals surface area contributed by atoms with Crippen LogP contribution in [-0.2, 0) is 25.7 Å². The molecule has 9 heteroatoms. The number of nitrogens with zero attached hydrogens (tertiary/aromatic N) is 1. The molecule has 0 radical (unpaired) electrons. The van der Waals surface area contributed by atoms with Crippen molar-refractivity contribution in [1.29, 1.82) is 0 Å². The Morgan fingerprint density at radius 2 is 1.51 bits per heavy atom. The Morgan fingerprint density at radius 1 is 0.907 bits per heavy atom. The number of amides is 4. The van der Waals surface area contributed by atoms with Crippen LogP contribution in [0.15, 0.2) is 48.5 Å². The predicted molar refractivity (Wildman–Crippen MR) is 169 cm³/mol. The van der Waals surface area contributed by atoms with Crippen molar-refractivity contribution in [3.05, 3.63) is 70.8 Å². The molecule has 3 unspecified atom stereocenters. The fourth-order valence-electron chi connectivity index (χ4n) is 4.97. The summed E-state index contributed by atoms with van der Waals surface area (Å²) in [7, 11) is 0. The van der Waals surface area contributed by atoms with Crippen molar-refractivity contribution in [3.63, 3.8) is 0 Å². The van der Waals surface area contributed by atoms with Gasteiger partial charge in [0.25, 0.3) is 0 Å². The monoisotopic (exact) mass is 594 g/mol. The van der Waals surface area contributed by atoms with Gasteiger partial charge in [-0.05, 0) is 77.8 Å². The molecule has 0 aliphatic heterocycles. The number of hydrogen-bond acceptors (Lipinski definition) is 5. The van der Waals surface area contributed by atoms with Gasteiger partial charge in [-0.15, -0.1) is 0 Å². The molecule has 0 aromatic heterocycles. The maximum atomic E-state index is 14.5. The molecule has 43 heavy (non-hydrogen) atoms. The van der Waals surface area contributed by atoms with E-state index in [-0.39, 0.29) is 31.3 Å². The number of benzene rings is 2. The Balaban J connectivity index is 2.62. The van der Waals surface area contributed by atoms with Gasteiger partial charge in [-0.25, -0.2) is 4.79 Å². The van der Waals surface area contributed by atoms with Crippen LogP contribution in [0.25, 0.3) is 0 Å². The Hall–Kier alpha value is -3.88. The molecule has 0 heterocycles. The average molecular weight is 595 g/mol. The van der Waals surface area contributed by atoms with Crippen LogP contribution in [0.1, 0.15) is 95.5 Å². The average Bonchev–Trinajstić information content (AvgIpc) is 2.89. The molecule has 236 valence electrons. The summed E-state index contributed by atoms with van der Waals surface area (Å²) in [5.41, 5.74) is 8.14. The lowest BCUT2D eigenvalue weighted by atomic mass is 9.94. The van der Waals surface area contributed by atoms with E-state index in [1.54, 1.807) is 25.7 Å². The van der Waals surface area contributed by atoms with Gasteiger partial charge in [0.15, 0.2) is 0 Å². The molecule has 2 rings (SSSR count). The summed E-state index contributed by atoms with van der Waals surface area (Å²) in [5.74, 6) is -1.06. The molecule has 2 aromatic rings. The first-order chi connectivity index (χ1) is 20.1. The Labute approximate surface area is 256 Å². The highest BCUT2D eigenvalue weighted by molar-refractivity contribution is 5.92. The largest absolute Gasteiger partial charge is 0.444 e. The zero-order valence-electron chi connectivity index (χ0n) is 27.0. The number of primary amides is 1. The molecular formula is C34H50N4O5. The fourth-order valence-corrected chi connectivity index (χ4v) is 4.97. The topological polar surface area (TPSA) is 131 Å². The summed E-state index contributed by atoms with van der Waals surface area (Å²) < 4.78 is 5.44. The number of aryl methyl sites for hydroxylation is 2. The smallest absolute Gasteiger partial charge is 0.408 e. The Morgan fingerprint density at radius 3 is 2.05 bits per heavy atom. The highest BCUT2D eigenvalue weighted by Crippen LogP contribution is 2.29. The number of nitrogens with one attached hydrogen (secondary N) is 2. The van der Waals surface area contributed by atoms with E-state index in [0.717, 1.165) is 23.1 Å². The fraction of sp³-hybridized carbons (Fsp3) is 0.529. The first-order valence-electron chi connectivity index (χ1n) is 15.1. The minimum atomic E-state index is -1.14. The predicted octanol–water partition coefficient (Wildman–Crippen LogP) is 5.47. The third kappa shape index (κ3) is 12.1. The summed E-state index contributed by atoms with van der Waals surface area (Å²) in [6.45, 7) is 15.5. The maximum Gasteiger partial charge on any atom is 0.408 e. The van der Waals surface area contributed by atoms with Gasteiger partial charge in [0.2, 0.25) is 17.7 Å². The summed E-state index contributed by atoms with van der Waals surface area (Å²) in [6, 6.07) is 12.9. The van der Waals surface area contributed by atoms with Gasteiger partial charge in [0.1, 0.15) is 17.7 Å². The number of ether oxygens (including phenoxy) is 1. The van der Waals surface area contributed by atoms with Gasteiger partial charge in [-0.2, -0.15) is 0 Å². The van der Waals surface area contributed by atoms with Crippen molar-refractivity contribution >= 4 is 23.8 Å². The number of carbonyl (C=O) groups excluding carboxylic acids is 4. The minimum Gasteiger partial charge on any atom is -0.444 e. The molecule has 2 aromatic carbocycles. The van der Waals surface area contributed by atoms with E-state index in [1.165, 1.54) is 0 Å². The normalized spacial score (nSPS) is 13.5. The first kappa shape index (κ1) is 35.3. The summed E-state index contributed by atoms with van der Waals surface area (Å²) >= 11 is 0. The quantitative estimate of drug-likeness (QED) is 0.267. The van der Waals surface area contributed by atoms with Crippen molar-refractivity contribution in [2.75, 3.05) is 0 Å².